The summed E-state index contributed by atoms with van der Waals surface area (Å²) in [4.78, 5) is 7.91. The molecule has 0 aliphatic heterocycles. The fraction of sp³-hybridized carbons (Fsp3) is 0.286. The van der Waals surface area contributed by atoms with Crippen LogP contribution in [0.2, 0.25) is 5.02 Å². The lowest BCUT2D eigenvalue weighted by Gasteiger charge is -2.10. The Morgan fingerprint density at radius 2 is 2.05 bits per heavy atom. The van der Waals surface area contributed by atoms with Crippen LogP contribution in [0.1, 0.15) is 19.4 Å². The molecule has 0 saturated heterocycles. The van der Waals surface area contributed by atoms with Gasteiger partial charge in [0.1, 0.15) is 11.6 Å². The lowest BCUT2D eigenvalue weighted by molar-refractivity contribution is 0.408. The molecule has 0 aliphatic rings. The van der Waals surface area contributed by atoms with E-state index in [-0.39, 0.29) is 22.6 Å². The van der Waals surface area contributed by atoms with E-state index in [1.54, 1.807) is 0 Å². The average Bonchev–Trinajstić information content (AvgIpc) is 2.36. The monoisotopic (exact) mass is 313 g/mol. The molecule has 112 valence electrons. The van der Waals surface area contributed by atoms with E-state index in [0.717, 1.165) is 18.1 Å². The van der Waals surface area contributed by atoms with Gasteiger partial charge in [-0.1, -0.05) is 25.4 Å². The quantitative estimate of drug-likeness (QED) is 0.927. The average molecular weight is 314 g/mol. The second kappa shape index (κ2) is 6.22. The molecule has 0 bridgehead atoms. The standard InChI is InChI=1S/C14H14ClF2N3O/c1-7(2)3-8-6-19-14(20-13(8)18)21-12-10(15)4-9(16)5-11(12)17/h4-7H,3H2,1-2H3,(H2,18,19,20). The van der Waals surface area contributed by atoms with E-state index in [1.165, 1.54) is 6.20 Å². The molecule has 1 aromatic heterocycles. The van der Waals surface area contributed by atoms with E-state index >= 15 is 0 Å². The highest BCUT2D eigenvalue weighted by Gasteiger charge is 2.15. The zero-order valence-corrected chi connectivity index (χ0v) is 12.3. The molecule has 0 atom stereocenters. The lowest BCUT2D eigenvalue weighted by Crippen LogP contribution is -2.05. The van der Waals surface area contributed by atoms with Crippen molar-refractivity contribution in [2.24, 2.45) is 5.92 Å². The first-order chi connectivity index (χ1) is 9.86. The van der Waals surface area contributed by atoms with E-state index in [1.807, 2.05) is 13.8 Å². The third-order valence-corrected chi connectivity index (χ3v) is 2.94. The summed E-state index contributed by atoms with van der Waals surface area (Å²) in [7, 11) is 0. The first-order valence-electron chi connectivity index (χ1n) is 6.30. The number of nitrogens with zero attached hydrogens (tertiary/aromatic N) is 2. The van der Waals surface area contributed by atoms with E-state index in [9.17, 15) is 8.78 Å². The van der Waals surface area contributed by atoms with Gasteiger partial charge in [-0.05, 0) is 18.4 Å². The van der Waals surface area contributed by atoms with Crippen LogP contribution in [0, 0.1) is 17.6 Å². The minimum Gasteiger partial charge on any atom is -0.419 e. The Hall–Kier alpha value is -1.95. The summed E-state index contributed by atoms with van der Waals surface area (Å²) in [6.45, 7) is 4.08. The van der Waals surface area contributed by atoms with Crippen LogP contribution in [0.3, 0.4) is 0 Å². The molecule has 0 aliphatic carbocycles. The molecule has 21 heavy (non-hydrogen) atoms. The van der Waals surface area contributed by atoms with Crippen LogP contribution >= 0.6 is 11.6 Å². The summed E-state index contributed by atoms with van der Waals surface area (Å²) < 4.78 is 31.7. The molecule has 0 radical (unpaired) electrons. The molecule has 2 N–H and O–H groups in total. The molecular weight excluding hydrogens is 300 g/mol. The predicted octanol–water partition coefficient (Wildman–Crippen LogP) is 3.98. The highest BCUT2D eigenvalue weighted by Crippen LogP contribution is 2.32. The third-order valence-electron chi connectivity index (χ3n) is 2.66. The Labute approximate surface area is 125 Å². The third kappa shape index (κ3) is 3.78. The van der Waals surface area contributed by atoms with Gasteiger partial charge < -0.3 is 10.5 Å². The molecule has 1 heterocycles. The number of hydrogen-bond acceptors (Lipinski definition) is 4. The van der Waals surface area contributed by atoms with Crippen LogP contribution in [-0.4, -0.2) is 9.97 Å². The van der Waals surface area contributed by atoms with Crippen LogP contribution in [0.4, 0.5) is 14.6 Å². The smallest absolute Gasteiger partial charge is 0.324 e. The number of nitrogens with two attached hydrogens (primary N) is 1. The lowest BCUT2D eigenvalue weighted by atomic mass is 10.1. The Morgan fingerprint density at radius 1 is 1.33 bits per heavy atom. The van der Waals surface area contributed by atoms with Gasteiger partial charge in [0.25, 0.3) is 0 Å². The number of ether oxygens (including phenoxy) is 1. The van der Waals surface area contributed by atoms with E-state index in [0.29, 0.717) is 12.0 Å². The maximum atomic E-state index is 13.6. The van der Waals surface area contributed by atoms with Crippen molar-refractivity contribution in [1.29, 1.82) is 0 Å². The van der Waals surface area contributed by atoms with Gasteiger partial charge in [0, 0.05) is 17.8 Å². The number of anilines is 1. The van der Waals surface area contributed by atoms with Crippen LogP contribution in [-0.2, 0) is 6.42 Å². The van der Waals surface area contributed by atoms with Crippen molar-refractivity contribution in [2.75, 3.05) is 5.73 Å². The Kier molecular flexibility index (Phi) is 4.57. The molecule has 7 heteroatoms. The van der Waals surface area contributed by atoms with Gasteiger partial charge in [0.2, 0.25) is 0 Å². The molecule has 2 rings (SSSR count). The zero-order valence-electron chi connectivity index (χ0n) is 11.5. The molecule has 0 spiro atoms. The number of aromatic nitrogens is 2. The number of benzene rings is 1. The van der Waals surface area contributed by atoms with Crippen LogP contribution < -0.4 is 10.5 Å². The number of halogens is 3. The fourth-order valence-electron chi connectivity index (χ4n) is 1.77. The highest BCUT2D eigenvalue weighted by atomic mass is 35.5. The van der Waals surface area contributed by atoms with Gasteiger partial charge >= 0.3 is 6.01 Å². The molecule has 0 unspecified atom stereocenters. The minimum atomic E-state index is -0.937. The van der Waals surface area contributed by atoms with Crippen molar-refractivity contribution in [1.82, 2.24) is 9.97 Å². The SMILES string of the molecule is CC(C)Cc1cnc(Oc2c(F)cc(F)cc2Cl)nc1N. The van der Waals surface area contributed by atoms with Crippen molar-refractivity contribution in [3.63, 3.8) is 0 Å². The molecule has 1 aromatic carbocycles. The van der Waals surface area contributed by atoms with Crippen molar-refractivity contribution >= 4 is 17.4 Å². The zero-order chi connectivity index (χ0) is 15.6. The number of hydrogen-bond donors (Lipinski definition) is 1. The Morgan fingerprint density at radius 3 is 2.62 bits per heavy atom. The highest BCUT2D eigenvalue weighted by molar-refractivity contribution is 6.32. The van der Waals surface area contributed by atoms with Crippen molar-refractivity contribution < 1.29 is 13.5 Å². The summed E-state index contributed by atoms with van der Waals surface area (Å²) in [6, 6.07) is 1.46. The predicted molar refractivity (Wildman–Crippen MR) is 76.4 cm³/mol. The molecule has 4 nitrogen and oxygen atoms in total. The van der Waals surface area contributed by atoms with Gasteiger partial charge in [-0.25, -0.2) is 13.8 Å². The van der Waals surface area contributed by atoms with Crippen LogP contribution in [0.5, 0.6) is 11.8 Å². The Balaban J connectivity index is 2.27. The fourth-order valence-corrected chi connectivity index (χ4v) is 2.00. The van der Waals surface area contributed by atoms with E-state index in [2.05, 4.69) is 9.97 Å². The summed E-state index contributed by atoms with van der Waals surface area (Å²) in [5.74, 6) is -1.42. The first-order valence-corrected chi connectivity index (χ1v) is 6.68. The van der Waals surface area contributed by atoms with Gasteiger partial charge in [0.15, 0.2) is 11.6 Å². The summed E-state index contributed by atoms with van der Waals surface area (Å²) in [5, 5.41) is -0.207. The van der Waals surface area contributed by atoms with Crippen molar-refractivity contribution in [3.8, 4) is 11.8 Å². The van der Waals surface area contributed by atoms with Gasteiger partial charge in [-0.3, -0.25) is 0 Å². The maximum absolute atomic E-state index is 13.6. The van der Waals surface area contributed by atoms with Crippen molar-refractivity contribution in [3.05, 3.63) is 40.6 Å². The summed E-state index contributed by atoms with van der Waals surface area (Å²) in [5.41, 5.74) is 6.59. The minimum absolute atomic E-state index is 0.146. The van der Waals surface area contributed by atoms with Crippen LogP contribution in [0.25, 0.3) is 0 Å². The van der Waals surface area contributed by atoms with Gasteiger partial charge in [-0.15, -0.1) is 0 Å². The molecular formula is C14H14ClF2N3O. The van der Waals surface area contributed by atoms with E-state index in [4.69, 9.17) is 22.1 Å². The molecule has 0 saturated carbocycles. The van der Waals surface area contributed by atoms with Gasteiger partial charge in [0.05, 0.1) is 5.02 Å². The van der Waals surface area contributed by atoms with Gasteiger partial charge in [-0.2, -0.15) is 4.98 Å². The molecule has 0 fully saturated rings. The van der Waals surface area contributed by atoms with Crippen molar-refractivity contribution in [2.45, 2.75) is 20.3 Å². The van der Waals surface area contributed by atoms with Crippen LogP contribution in [0.15, 0.2) is 18.3 Å². The second-order valence-electron chi connectivity index (χ2n) is 4.96. The number of rotatable bonds is 4. The van der Waals surface area contributed by atoms with E-state index < -0.39 is 11.6 Å². The largest absolute Gasteiger partial charge is 0.419 e. The summed E-state index contributed by atoms with van der Waals surface area (Å²) in [6.07, 6.45) is 2.24. The summed E-state index contributed by atoms with van der Waals surface area (Å²) >= 11 is 5.73. The maximum Gasteiger partial charge on any atom is 0.324 e. The second-order valence-corrected chi connectivity index (χ2v) is 5.37. The first kappa shape index (κ1) is 15.4. The normalized spacial score (nSPS) is 11.0. The number of nitrogen functional groups attached to an aromatic ring is 1. The topological polar surface area (TPSA) is 61.0 Å². The molecule has 2 aromatic rings. The Bertz CT molecular complexity index is 642. The molecule has 0 amide bonds.